The van der Waals surface area contributed by atoms with E-state index in [1.165, 1.54) is 5.56 Å². The van der Waals surface area contributed by atoms with Crippen LogP contribution in [0, 0.1) is 0 Å². The van der Waals surface area contributed by atoms with Crippen LogP contribution in [0.3, 0.4) is 0 Å². The molecule has 140 valence electrons. The second kappa shape index (κ2) is 11.5. The van der Waals surface area contributed by atoms with Crippen LogP contribution in [0.4, 0.5) is 5.69 Å². The molecule has 0 saturated carbocycles. The second-order valence-electron chi connectivity index (χ2n) is 5.73. The Balaban J connectivity index is 1.61. The molecule has 0 radical (unpaired) electrons. The van der Waals surface area contributed by atoms with Crippen molar-refractivity contribution >= 4 is 23.4 Å². The number of hydrogen-bond donors (Lipinski definition) is 1. The topological polar surface area (TPSA) is 47.6 Å². The van der Waals surface area contributed by atoms with Gasteiger partial charge >= 0.3 is 0 Å². The van der Waals surface area contributed by atoms with Crippen molar-refractivity contribution in [2.45, 2.75) is 26.7 Å². The molecule has 0 aromatic heterocycles. The van der Waals surface area contributed by atoms with Gasteiger partial charge in [-0.15, -0.1) is 0 Å². The summed E-state index contributed by atoms with van der Waals surface area (Å²) >= 11 is 1.61. The predicted molar refractivity (Wildman–Crippen MR) is 109 cm³/mol. The first kappa shape index (κ1) is 20.2. The molecule has 26 heavy (non-hydrogen) atoms. The van der Waals surface area contributed by atoms with E-state index in [0.717, 1.165) is 30.0 Å². The van der Waals surface area contributed by atoms with Gasteiger partial charge in [0.15, 0.2) is 0 Å². The van der Waals surface area contributed by atoms with Gasteiger partial charge in [-0.05, 0) is 55.3 Å². The van der Waals surface area contributed by atoms with E-state index in [2.05, 4.69) is 24.4 Å². The summed E-state index contributed by atoms with van der Waals surface area (Å²) in [6.07, 6.45) is 1.94. The molecule has 0 saturated heterocycles. The van der Waals surface area contributed by atoms with E-state index in [1.54, 1.807) is 11.8 Å². The van der Waals surface area contributed by atoms with Crippen molar-refractivity contribution in [1.82, 2.24) is 0 Å². The molecule has 0 fully saturated rings. The van der Waals surface area contributed by atoms with Crippen molar-refractivity contribution in [3.05, 3.63) is 54.1 Å². The molecule has 0 aliphatic heterocycles. The zero-order valence-electron chi connectivity index (χ0n) is 15.5. The van der Waals surface area contributed by atoms with Crippen molar-refractivity contribution in [2.24, 2.45) is 0 Å². The van der Waals surface area contributed by atoms with E-state index in [0.29, 0.717) is 24.7 Å². The quantitative estimate of drug-likeness (QED) is 0.575. The normalized spacial score (nSPS) is 10.4. The van der Waals surface area contributed by atoms with E-state index in [9.17, 15) is 4.79 Å². The van der Waals surface area contributed by atoms with Gasteiger partial charge in [-0.1, -0.05) is 31.2 Å². The Kier molecular flexibility index (Phi) is 8.90. The second-order valence-corrected chi connectivity index (χ2v) is 6.83. The van der Waals surface area contributed by atoms with E-state index in [4.69, 9.17) is 9.47 Å². The minimum atomic E-state index is -0.0155. The summed E-state index contributed by atoms with van der Waals surface area (Å²) < 4.78 is 11.2. The molecule has 0 aliphatic carbocycles. The number of carbonyl (C=O) groups excluding carboxylic acids is 1. The van der Waals surface area contributed by atoms with Crippen molar-refractivity contribution in [2.75, 3.05) is 30.0 Å². The number of para-hydroxylation sites is 2. The lowest BCUT2D eigenvalue weighted by Crippen LogP contribution is -2.15. The van der Waals surface area contributed by atoms with Gasteiger partial charge in [0.25, 0.3) is 0 Å². The largest absolute Gasteiger partial charge is 0.494 e. The van der Waals surface area contributed by atoms with Crippen LogP contribution in [0.15, 0.2) is 48.5 Å². The van der Waals surface area contributed by atoms with Gasteiger partial charge in [-0.25, -0.2) is 0 Å². The highest BCUT2D eigenvalue weighted by molar-refractivity contribution is 7.99. The maximum Gasteiger partial charge on any atom is 0.234 e. The van der Waals surface area contributed by atoms with Crippen LogP contribution in [-0.2, 0) is 11.2 Å². The summed E-state index contributed by atoms with van der Waals surface area (Å²) in [6.45, 7) is 5.30. The van der Waals surface area contributed by atoms with Gasteiger partial charge in [-0.2, -0.15) is 11.8 Å². The smallest absolute Gasteiger partial charge is 0.234 e. The first-order valence-electron chi connectivity index (χ1n) is 9.04. The highest BCUT2D eigenvalue weighted by atomic mass is 32.2. The maximum atomic E-state index is 12.1. The highest BCUT2D eigenvalue weighted by Crippen LogP contribution is 2.23. The molecule has 2 rings (SSSR count). The van der Waals surface area contributed by atoms with Crippen molar-refractivity contribution in [3.8, 4) is 11.5 Å². The molecular formula is C21H27NO3S. The molecule has 0 spiro atoms. The fourth-order valence-electron chi connectivity index (χ4n) is 2.37. The van der Waals surface area contributed by atoms with E-state index in [-0.39, 0.29) is 5.91 Å². The third-order valence-electron chi connectivity index (χ3n) is 3.73. The van der Waals surface area contributed by atoms with Gasteiger partial charge < -0.3 is 14.8 Å². The Bertz CT molecular complexity index is 673. The predicted octanol–water partition coefficient (Wildman–Crippen LogP) is 4.79. The fourth-order valence-corrected chi connectivity index (χ4v) is 3.10. The number of nitrogens with one attached hydrogen (secondary N) is 1. The van der Waals surface area contributed by atoms with Gasteiger partial charge in [0.2, 0.25) is 5.91 Å². The lowest BCUT2D eigenvalue weighted by atomic mass is 10.2. The molecule has 0 unspecified atom stereocenters. The van der Waals surface area contributed by atoms with E-state index >= 15 is 0 Å². The Morgan fingerprint density at radius 2 is 1.81 bits per heavy atom. The molecule has 0 aliphatic rings. The number of rotatable bonds is 11. The van der Waals surface area contributed by atoms with Crippen molar-refractivity contribution in [3.63, 3.8) is 0 Å². The third kappa shape index (κ3) is 7.00. The number of benzene rings is 2. The van der Waals surface area contributed by atoms with Gasteiger partial charge in [0.1, 0.15) is 11.5 Å². The molecule has 4 nitrogen and oxygen atoms in total. The molecule has 0 heterocycles. The highest BCUT2D eigenvalue weighted by Gasteiger charge is 2.07. The standard InChI is InChI=1S/C21H27NO3S/c1-3-17-10-12-18(13-11-17)25-14-7-15-26-16-21(23)22-19-8-5-6-9-20(19)24-4-2/h5-6,8-13H,3-4,7,14-16H2,1-2H3,(H,22,23). The van der Waals surface area contributed by atoms with Crippen LogP contribution < -0.4 is 14.8 Å². The summed E-state index contributed by atoms with van der Waals surface area (Å²) in [7, 11) is 0. The number of ether oxygens (including phenoxy) is 2. The summed E-state index contributed by atoms with van der Waals surface area (Å²) in [5, 5.41) is 2.91. The molecule has 1 N–H and O–H groups in total. The Morgan fingerprint density at radius 1 is 1.04 bits per heavy atom. The van der Waals surface area contributed by atoms with Crippen molar-refractivity contribution in [1.29, 1.82) is 0 Å². The van der Waals surface area contributed by atoms with Crippen LogP contribution in [0.5, 0.6) is 11.5 Å². The number of thioether (sulfide) groups is 1. The van der Waals surface area contributed by atoms with Gasteiger partial charge in [0, 0.05) is 0 Å². The molecule has 5 heteroatoms. The lowest BCUT2D eigenvalue weighted by molar-refractivity contribution is -0.113. The zero-order chi connectivity index (χ0) is 18.6. The minimum absolute atomic E-state index is 0.0155. The molecule has 0 bridgehead atoms. The molecule has 2 aromatic carbocycles. The van der Waals surface area contributed by atoms with Crippen LogP contribution in [-0.4, -0.2) is 30.6 Å². The van der Waals surface area contributed by atoms with Crippen molar-refractivity contribution < 1.29 is 14.3 Å². The summed E-state index contributed by atoms with van der Waals surface area (Å²) in [6, 6.07) is 15.7. The van der Waals surface area contributed by atoms with Crippen LogP contribution in [0.2, 0.25) is 0 Å². The summed E-state index contributed by atoms with van der Waals surface area (Å²) in [4.78, 5) is 12.1. The van der Waals surface area contributed by atoms with E-state index in [1.807, 2.05) is 43.3 Å². The Hall–Kier alpha value is -2.14. The van der Waals surface area contributed by atoms with Crippen LogP contribution in [0.25, 0.3) is 0 Å². The average Bonchev–Trinajstić information content (AvgIpc) is 2.67. The summed E-state index contributed by atoms with van der Waals surface area (Å²) in [5.41, 5.74) is 2.03. The number of anilines is 1. The lowest BCUT2D eigenvalue weighted by Gasteiger charge is -2.11. The first-order chi connectivity index (χ1) is 12.7. The SMILES string of the molecule is CCOc1ccccc1NC(=O)CSCCCOc1ccc(CC)cc1. The monoisotopic (exact) mass is 373 g/mol. The Labute approximate surface area is 160 Å². The fraction of sp³-hybridized carbons (Fsp3) is 0.381. The zero-order valence-corrected chi connectivity index (χ0v) is 16.3. The third-order valence-corrected chi connectivity index (χ3v) is 4.77. The average molecular weight is 374 g/mol. The molecule has 0 atom stereocenters. The number of aryl methyl sites for hydroxylation is 1. The molecule has 1 amide bonds. The molecular weight excluding hydrogens is 346 g/mol. The van der Waals surface area contributed by atoms with Crippen LogP contribution in [0.1, 0.15) is 25.8 Å². The number of hydrogen-bond acceptors (Lipinski definition) is 4. The molecule has 2 aromatic rings. The number of amides is 1. The number of carbonyl (C=O) groups is 1. The van der Waals surface area contributed by atoms with Gasteiger partial charge in [0.05, 0.1) is 24.7 Å². The first-order valence-corrected chi connectivity index (χ1v) is 10.2. The van der Waals surface area contributed by atoms with E-state index < -0.39 is 0 Å². The van der Waals surface area contributed by atoms with Crippen LogP contribution >= 0.6 is 11.8 Å². The minimum Gasteiger partial charge on any atom is -0.494 e. The summed E-state index contributed by atoms with van der Waals surface area (Å²) in [5.74, 6) is 2.89. The Morgan fingerprint density at radius 3 is 2.54 bits per heavy atom. The maximum absolute atomic E-state index is 12.1. The van der Waals surface area contributed by atoms with Gasteiger partial charge in [-0.3, -0.25) is 4.79 Å².